The fourth-order valence-corrected chi connectivity index (χ4v) is 4.65. The summed E-state index contributed by atoms with van der Waals surface area (Å²) in [6, 6.07) is 15.9. The Labute approximate surface area is 205 Å². The zero-order valence-electron chi connectivity index (χ0n) is 19.0. The van der Waals surface area contributed by atoms with Crippen LogP contribution in [0.15, 0.2) is 53.4 Å². The Morgan fingerprint density at radius 3 is 2.67 bits per heavy atom. The summed E-state index contributed by atoms with van der Waals surface area (Å²) < 4.78 is 11.4. The van der Waals surface area contributed by atoms with E-state index in [4.69, 9.17) is 21.7 Å². The monoisotopic (exact) mass is 483 g/mol. The number of carbonyl (C=O) groups is 2. The Bertz CT molecular complexity index is 1020. The van der Waals surface area contributed by atoms with Gasteiger partial charge in [0, 0.05) is 13.0 Å². The molecule has 174 valence electrons. The van der Waals surface area contributed by atoms with Crippen LogP contribution in [0.1, 0.15) is 49.3 Å². The highest BCUT2D eigenvalue weighted by Crippen LogP contribution is 2.33. The van der Waals surface area contributed by atoms with Crippen molar-refractivity contribution in [3.8, 4) is 5.75 Å². The quantitative estimate of drug-likeness (QED) is 0.172. The van der Waals surface area contributed by atoms with Gasteiger partial charge in [-0.05, 0) is 56.0 Å². The molecule has 0 aliphatic carbocycles. The molecular weight excluding hydrogens is 454 g/mol. The van der Waals surface area contributed by atoms with Gasteiger partial charge in [0.15, 0.2) is 0 Å². The number of nitrogens with zero attached hydrogens (tertiary/aromatic N) is 1. The van der Waals surface area contributed by atoms with Gasteiger partial charge in [-0.3, -0.25) is 14.5 Å². The third-order valence-corrected chi connectivity index (χ3v) is 6.50. The van der Waals surface area contributed by atoms with Gasteiger partial charge in [-0.25, -0.2) is 0 Å². The number of hydrogen-bond acceptors (Lipinski definition) is 6. The average Bonchev–Trinajstić information content (AvgIpc) is 3.06. The lowest BCUT2D eigenvalue weighted by atomic mass is 10.1. The third kappa shape index (κ3) is 7.72. The van der Waals surface area contributed by atoms with Gasteiger partial charge in [0.1, 0.15) is 16.7 Å². The minimum atomic E-state index is -0.170. The molecule has 1 amide bonds. The lowest BCUT2D eigenvalue weighted by Gasteiger charge is -2.14. The van der Waals surface area contributed by atoms with E-state index in [2.05, 4.69) is 31.2 Å². The van der Waals surface area contributed by atoms with Crippen LogP contribution >= 0.6 is 24.0 Å². The molecule has 0 saturated carbocycles. The van der Waals surface area contributed by atoms with Crippen LogP contribution in [0.4, 0.5) is 0 Å². The molecular formula is C26H29NO4S2. The number of benzene rings is 2. The zero-order valence-corrected chi connectivity index (χ0v) is 20.7. The van der Waals surface area contributed by atoms with Crippen LogP contribution in [0.3, 0.4) is 0 Å². The number of thioether (sulfide) groups is 1. The van der Waals surface area contributed by atoms with Gasteiger partial charge >= 0.3 is 5.97 Å². The summed E-state index contributed by atoms with van der Waals surface area (Å²) in [5.41, 5.74) is 3.22. The van der Waals surface area contributed by atoms with Crippen LogP contribution in [0.2, 0.25) is 0 Å². The topological polar surface area (TPSA) is 55.8 Å². The molecule has 0 N–H and O–H groups in total. The normalized spacial score (nSPS) is 14.7. The molecule has 1 aliphatic rings. The van der Waals surface area contributed by atoms with E-state index in [0.717, 1.165) is 36.1 Å². The second-order valence-electron chi connectivity index (χ2n) is 7.80. The lowest BCUT2D eigenvalue weighted by molar-refractivity contribution is -0.143. The summed E-state index contributed by atoms with van der Waals surface area (Å²) in [5.74, 6) is 0.513. The Morgan fingerprint density at radius 2 is 1.91 bits per heavy atom. The smallest absolute Gasteiger partial charge is 0.305 e. The largest absolute Gasteiger partial charge is 0.489 e. The van der Waals surface area contributed by atoms with Crippen LogP contribution in [0, 0.1) is 6.92 Å². The maximum absolute atomic E-state index is 12.8. The van der Waals surface area contributed by atoms with Crippen molar-refractivity contribution in [1.82, 2.24) is 4.90 Å². The fraction of sp³-hybridized carbons (Fsp3) is 0.346. The number of amides is 1. The van der Waals surface area contributed by atoms with Gasteiger partial charge in [-0.1, -0.05) is 72.4 Å². The number of carbonyl (C=O) groups excluding carboxylic acids is 2. The molecule has 0 aromatic heterocycles. The maximum atomic E-state index is 12.8. The number of aryl methyl sites for hydroxylation is 1. The fourth-order valence-electron chi connectivity index (χ4n) is 3.34. The summed E-state index contributed by atoms with van der Waals surface area (Å²) in [6.07, 6.45) is 4.66. The molecule has 0 atom stereocenters. The minimum Gasteiger partial charge on any atom is -0.489 e. The Balaban J connectivity index is 1.52. The molecule has 0 bridgehead atoms. The van der Waals surface area contributed by atoms with Crippen LogP contribution < -0.4 is 4.74 Å². The van der Waals surface area contributed by atoms with Crippen molar-refractivity contribution in [2.45, 2.75) is 46.1 Å². The Kier molecular flexibility index (Phi) is 9.51. The molecule has 3 rings (SSSR count). The first-order valence-electron chi connectivity index (χ1n) is 11.2. The highest BCUT2D eigenvalue weighted by molar-refractivity contribution is 8.26. The van der Waals surface area contributed by atoms with Gasteiger partial charge < -0.3 is 9.47 Å². The minimum absolute atomic E-state index is 0.0682. The van der Waals surface area contributed by atoms with Crippen LogP contribution in [-0.2, 0) is 20.9 Å². The Morgan fingerprint density at radius 1 is 1.12 bits per heavy atom. The first-order chi connectivity index (χ1) is 16.0. The maximum Gasteiger partial charge on any atom is 0.305 e. The molecule has 0 spiro atoms. The van der Waals surface area contributed by atoms with Gasteiger partial charge in [-0.2, -0.15) is 0 Å². The highest BCUT2D eigenvalue weighted by atomic mass is 32.2. The second-order valence-corrected chi connectivity index (χ2v) is 9.47. The molecule has 1 aliphatic heterocycles. The van der Waals surface area contributed by atoms with Gasteiger partial charge in [0.25, 0.3) is 5.91 Å². The Hall–Kier alpha value is -2.64. The van der Waals surface area contributed by atoms with Crippen molar-refractivity contribution in [2.75, 3.05) is 13.2 Å². The van der Waals surface area contributed by atoms with E-state index in [1.54, 1.807) is 11.8 Å². The first kappa shape index (κ1) is 25.0. The van der Waals surface area contributed by atoms with Crippen molar-refractivity contribution in [3.05, 3.63) is 70.1 Å². The molecule has 5 nitrogen and oxygen atoms in total. The van der Waals surface area contributed by atoms with E-state index in [1.807, 2.05) is 30.3 Å². The van der Waals surface area contributed by atoms with Gasteiger partial charge in [0.05, 0.1) is 11.5 Å². The van der Waals surface area contributed by atoms with Crippen LogP contribution in [-0.4, -0.2) is 34.2 Å². The van der Waals surface area contributed by atoms with E-state index < -0.39 is 0 Å². The first-order valence-corrected chi connectivity index (χ1v) is 12.4. The van der Waals surface area contributed by atoms with E-state index >= 15 is 0 Å². The summed E-state index contributed by atoms with van der Waals surface area (Å²) in [7, 11) is 0. The van der Waals surface area contributed by atoms with Crippen molar-refractivity contribution in [3.63, 3.8) is 0 Å². The highest BCUT2D eigenvalue weighted by Gasteiger charge is 2.31. The summed E-state index contributed by atoms with van der Waals surface area (Å²) in [4.78, 5) is 26.5. The van der Waals surface area contributed by atoms with Crippen molar-refractivity contribution in [1.29, 1.82) is 0 Å². The van der Waals surface area contributed by atoms with E-state index in [1.165, 1.54) is 17.3 Å². The number of esters is 1. The standard InChI is InChI=1S/C26H29NO4S2/c1-3-30-24(28)10-5-4-6-15-27-25(29)23(33-26(27)32)17-21-8-7-9-22(16-21)31-18-20-13-11-19(2)12-14-20/h7-9,11-14,16-17H,3-6,10,15,18H2,1-2H3/b23-17+. The number of rotatable bonds is 11. The SMILES string of the molecule is CCOC(=O)CCCCCN1C(=O)/C(=C\c2cccc(OCc3ccc(C)cc3)c2)SC1=S. The number of ether oxygens (including phenoxy) is 2. The molecule has 2 aromatic carbocycles. The average molecular weight is 484 g/mol. The van der Waals surface area contributed by atoms with Crippen molar-refractivity contribution in [2.24, 2.45) is 0 Å². The third-order valence-electron chi connectivity index (χ3n) is 5.12. The van der Waals surface area contributed by atoms with E-state index in [9.17, 15) is 9.59 Å². The second kappa shape index (κ2) is 12.6. The van der Waals surface area contributed by atoms with Crippen LogP contribution in [0.5, 0.6) is 5.75 Å². The van der Waals surface area contributed by atoms with Gasteiger partial charge in [-0.15, -0.1) is 0 Å². The number of unbranched alkanes of at least 4 members (excludes halogenated alkanes) is 2. The number of hydrogen-bond donors (Lipinski definition) is 0. The molecule has 1 heterocycles. The van der Waals surface area contributed by atoms with Crippen molar-refractivity contribution >= 4 is 46.3 Å². The number of thiocarbonyl (C=S) groups is 1. The zero-order chi connectivity index (χ0) is 23.6. The molecule has 2 aromatic rings. The lowest BCUT2D eigenvalue weighted by Crippen LogP contribution is -2.29. The predicted octanol–water partition coefficient (Wildman–Crippen LogP) is 5.90. The summed E-state index contributed by atoms with van der Waals surface area (Å²) in [6.45, 7) is 5.31. The molecule has 0 unspecified atom stereocenters. The predicted molar refractivity (Wildman–Crippen MR) is 137 cm³/mol. The van der Waals surface area contributed by atoms with E-state index in [-0.39, 0.29) is 11.9 Å². The summed E-state index contributed by atoms with van der Waals surface area (Å²) >= 11 is 6.75. The molecule has 1 saturated heterocycles. The van der Waals surface area contributed by atoms with E-state index in [0.29, 0.717) is 35.4 Å². The molecule has 0 radical (unpaired) electrons. The molecule has 33 heavy (non-hydrogen) atoms. The molecule has 7 heteroatoms. The van der Waals surface area contributed by atoms with Crippen LogP contribution in [0.25, 0.3) is 6.08 Å². The van der Waals surface area contributed by atoms with Crippen molar-refractivity contribution < 1.29 is 19.1 Å². The summed E-state index contributed by atoms with van der Waals surface area (Å²) in [5, 5.41) is 0. The molecule has 1 fully saturated rings. The van der Waals surface area contributed by atoms with Gasteiger partial charge in [0.2, 0.25) is 0 Å².